The molecule has 0 heterocycles. The number of hydrogen-bond donors (Lipinski definition) is 4. The fourth-order valence-electron chi connectivity index (χ4n) is 0.211. The number of nitrogens with two attached hydrogens (primary N) is 1. The second kappa shape index (κ2) is 11.5. The van der Waals surface area contributed by atoms with Crippen LogP contribution in [0.5, 0.6) is 0 Å². The van der Waals surface area contributed by atoms with E-state index in [1.165, 1.54) is 0 Å². The molecular weight excluding hydrogens is 140 g/mol. The highest BCUT2D eigenvalue weighted by Gasteiger charge is 2.05. The minimum atomic E-state index is -1.36. The largest absolute Gasteiger partial charge is 0.412 e. The van der Waals surface area contributed by atoms with E-state index in [4.69, 9.17) is 15.9 Å². The molecule has 68 valence electrons. The zero-order valence-electron chi connectivity index (χ0n) is 6.04. The molecule has 1 unspecified atom stereocenters. The van der Waals surface area contributed by atoms with Gasteiger partial charge in [-0.15, -0.1) is 0 Å². The average Bonchev–Trinajstić information content (AvgIpc) is 1.65. The second-order valence-electron chi connectivity index (χ2n) is 1.49. The molecule has 0 fully saturated rings. The number of aliphatic hydroxyl groups excluding tert-OH is 1. The molecule has 0 amide bonds. The van der Waals surface area contributed by atoms with Crippen LogP contribution >= 0.6 is 0 Å². The van der Waals surface area contributed by atoms with Crippen LogP contribution in [0.2, 0.25) is 0 Å². The van der Waals surface area contributed by atoms with Gasteiger partial charge in [-0.3, -0.25) is 0 Å². The Kier molecular flexibility index (Phi) is 26.1. The molecule has 11 N–H and O–H groups in total. The van der Waals surface area contributed by atoms with Gasteiger partial charge in [-0.25, -0.2) is 0 Å². The third-order valence-corrected chi connectivity index (χ3v) is 0.854. The lowest BCUT2D eigenvalue weighted by molar-refractivity contribution is -0.0585. The second-order valence-corrected chi connectivity index (χ2v) is 1.49. The maximum Gasteiger partial charge on any atom is 0.166 e. The first-order chi connectivity index (χ1) is 3.18. The molecule has 0 aromatic carbocycles. The molecule has 0 saturated heterocycles. The van der Waals surface area contributed by atoms with E-state index >= 15 is 0 Å². The Morgan fingerprint density at radius 1 is 1.30 bits per heavy atom. The quantitative estimate of drug-likeness (QED) is 0.328. The molecule has 0 aliphatic heterocycles. The predicted molar refractivity (Wildman–Crippen MR) is 38.7 cm³/mol. The van der Waals surface area contributed by atoms with Crippen molar-refractivity contribution >= 4 is 0 Å². The molecule has 6 heteroatoms. The molecule has 0 aromatic rings. The van der Waals surface area contributed by atoms with Crippen LogP contribution in [0.15, 0.2) is 0 Å². The Bertz CT molecular complexity index is 52.5. The summed E-state index contributed by atoms with van der Waals surface area (Å²) in [5, 5.41) is 16.5. The summed E-state index contributed by atoms with van der Waals surface area (Å²) in [6, 6.07) is -0.486. The van der Waals surface area contributed by atoms with Crippen molar-refractivity contribution in [2.45, 2.75) is 25.7 Å². The van der Waals surface area contributed by atoms with E-state index in [0.29, 0.717) is 6.42 Å². The van der Waals surface area contributed by atoms with Crippen LogP contribution in [-0.4, -0.2) is 33.5 Å². The van der Waals surface area contributed by atoms with Crippen LogP contribution in [0.25, 0.3) is 0 Å². The summed E-state index contributed by atoms with van der Waals surface area (Å²) in [6.45, 7) is 1.80. The smallest absolute Gasteiger partial charge is 0.166 e. The van der Waals surface area contributed by atoms with Gasteiger partial charge >= 0.3 is 0 Å². The molecule has 10 heavy (non-hydrogen) atoms. The number of aliphatic hydroxyl groups is 2. The minimum absolute atomic E-state index is 0. The van der Waals surface area contributed by atoms with E-state index in [2.05, 4.69) is 0 Å². The summed E-state index contributed by atoms with van der Waals surface area (Å²) in [6.07, 6.45) is -0.762. The first-order valence-electron chi connectivity index (χ1n) is 2.30. The van der Waals surface area contributed by atoms with Crippen molar-refractivity contribution < 1.29 is 21.2 Å². The zero-order valence-corrected chi connectivity index (χ0v) is 6.04. The molecule has 0 aromatic heterocycles. The summed E-state index contributed by atoms with van der Waals surface area (Å²) in [5.41, 5.74) is 5.12. The lowest BCUT2D eigenvalue weighted by atomic mass is 10.2. The van der Waals surface area contributed by atoms with E-state index in [9.17, 15) is 0 Å². The van der Waals surface area contributed by atoms with Gasteiger partial charge in [0.05, 0.1) is 6.04 Å². The molecule has 0 spiro atoms. The summed E-state index contributed by atoms with van der Waals surface area (Å²) in [4.78, 5) is 0. The molecule has 0 rings (SSSR count). The van der Waals surface area contributed by atoms with Crippen molar-refractivity contribution in [2.75, 3.05) is 0 Å². The van der Waals surface area contributed by atoms with Gasteiger partial charge in [0.15, 0.2) is 6.29 Å². The number of hydrogen-bond acceptors (Lipinski definition) is 4. The fraction of sp³-hybridized carbons (Fsp3) is 1.00. The fourth-order valence-corrected chi connectivity index (χ4v) is 0.211. The molecule has 0 saturated carbocycles. The maximum absolute atomic E-state index is 8.25. The van der Waals surface area contributed by atoms with Crippen molar-refractivity contribution in [1.82, 2.24) is 6.15 Å². The standard InChI is InChI=1S/C4H11NO2.H3N.2H2O/c1-2-3(5)4(6)7;;;/h3-4,6-7H,2,5H2,1H3;1H3;2*1H2. The van der Waals surface area contributed by atoms with Crippen molar-refractivity contribution in [3.05, 3.63) is 0 Å². The van der Waals surface area contributed by atoms with E-state index in [-0.39, 0.29) is 17.1 Å². The van der Waals surface area contributed by atoms with Gasteiger partial charge in [-0.05, 0) is 6.42 Å². The molecule has 0 aliphatic carbocycles. The first-order valence-corrected chi connectivity index (χ1v) is 2.30. The molecular formula is C4H18N2O4. The lowest BCUT2D eigenvalue weighted by Gasteiger charge is -2.08. The van der Waals surface area contributed by atoms with Crippen molar-refractivity contribution in [2.24, 2.45) is 5.73 Å². The summed E-state index contributed by atoms with van der Waals surface area (Å²) in [7, 11) is 0. The van der Waals surface area contributed by atoms with Crippen LogP contribution in [0.4, 0.5) is 0 Å². The third kappa shape index (κ3) is 10.7. The lowest BCUT2D eigenvalue weighted by Crippen LogP contribution is -2.33. The topological polar surface area (TPSA) is 164 Å². The van der Waals surface area contributed by atoms with Gasteiger partial charge in [-0.1, -0.05) is 6.92 Å². The van der Waals surface area contributed by atoms with Crippen LogP contribution in [0.3, 0.4) is 0 Å². The Hall–Kier alpha value is -0.240. The van der Waals surface area contributed by atoms with E-state index in [0.717, 1.165) is 0 Å². The van der Waals surface area contributed by atoms with Gasteiger partial charge in [0.1, 0.15) is 0 Å². The first kappa shape index (κ1) is 22.6. The highest BCUT2D eigenvalue weighted by atomic mass is 16.5. The van der Waals surface area contributed by atoms with Crippen molar-refractivity contribution in [3.8, 4) is 0 Å². The molecule has 0 radical (unpaired) electrons. The summed E-state index contributed by atoms with van der Waals surface area (Å²) < 4.78 is 0. The van der Waals surface area contributed by atoms with Crippen LogP contribution in [-0.2, 0) is 0 Å². The van der Waals surface area contributed by atoms with E-state index in [1.807, 2.05) is 0 Å². The summed E-state index contributed by atoms with van der Waals surface area (Å²) >= 11 is 0. The molecule has 6 nitrogen and oxygen atoms in total. The molecule has 0 aliphatic rings. The highest BCUT2D eigenvalue weighted by molar-refractivity contribution is 4.57. The summed E-state index contributed by atoms with van der Waals surface area (Å²) in [5.74, 6) is 0. The van der Waals surface area contributed by atoms with Gasteiger partial charge in [0.2, 0.25) is 0 Å². The monoisotopic (exact) mass is 158 g/mol. The molecule has 0 bridgehead atoms. The SMILES string of the molecule is CCC(N)C(O)O.N.O.O. The van der Waals surface area contributed by atoms with Gasteiger partial charge in [-0.2, -0.15) is 0 Å². The maximum atomic E-state index is 8.25. The van der Waals surface area contributed by atoms with Crippen LogP contribution < -0.4 is 11.9 Å². The van der Waals surface area contributed by atoms with E-state index < -0.39 is 12.3 Å². The normalized spacial score (nSPS) is 10.5. The molecule has 1 atom stereocenters. The highest BCUT2D eigenvalue weighted by Crippen LogP contribution is 1.88. The van der Waals surface area contributed by atoms with Crippen molar-refractivity contribution in [3.63, 3.8) is 0 Å². The third-order valence-electron chi connectivity index (χ3n) is 0.854. The number of rotatable bonds is 2. The van der Waals surface area contributed by atoms with Gasteiger partial charge < -0.3 is 33.0 Å². The Morgan fingerprint density at radius 3 is 1.60 bits per heavy atom. The van der Waals surface area contributed by atoms with Crippen LogP contribution in [0.1, 0.15) is 13.3 Å². The average molecular weight is 158 g/mol. The van der Waals surface area contributed by atoms with Crippen LogP contribution in [0, 0.1) is 0 Å². The zero-order chi connectivity index (χ0) is 5.86. The Labute approximate surface area is 59.9 Å². The Morgan fingerprint density at radius 2 is 1.60 bits per heavy atom. The predicted octanol–water partition coefficient (Wildman–Crippen LogP) is -2.45. The van der Waals surface area contributed by atoms with Gasteiger partial charge in [0.25, 0.3) is 0 Å². The van der Waals surface area contributed by atoms with Crippen molar-refractivity contribution in [1.29, 1.82) is 0 Å². The van der Waals surface area contributed by atoms with Gasteiger partial charge in [0, 0.05) is 0 Å². The van der Waals surface area contributed by atoms with E-state index in [1.54, 1.807) is 6.92 Å². The minimum Gasteiger partial charge on any atom is -0.412 e. The Balaban J connectivity index is -0.0000000600.